The van der Waals surface area contributed by atoms with Gasteiger partial charge in [-0.25, -0.2) is 9.59 Å². The zero-order chi connectivity index (χ0) is 20.8. The lowest BCUT2D eigenvalue weighted by Gasteiger charge is -2.12. The fourth-order valence-electron chi connectivity index (χ4n) is 1.96. The van der Waals surface area contributed by atoms with Crippen LogP contribution < -0.4 is 9.47 Å². The number of nitrogens with zero attached hydrogens (tertiary/aromatic N) is 1. The van der Waals surface area contributed by atoms with Gasteiger partial charge in [-0.05, 0) is 56.1 Å². The van der Waals surface area contributed by atoms with Crippen LogP contribution in [-0.2, 0) is 9.47 Å². The molecule has 2 aromatic carbocycles. The number of rotatable bonds is 5. The molecule has 0 aliphatic rings. The van der Waals surface area contributed by atoms with E-state index in [9.17, 15) is 9.59 Å². The fraction of sp³-hybridized carbons (Fsp3) is 0.118. The minimum Gasteiger partial charge on any atom is -0.494 e. The molecule has 0 saturated heterocycles. The Balaban J connectivity index is 1.99. The Hall–Kier alpha value is -1.99. The molecule has 7 nitrogen and oxygen atoms in total. The lowest BCUT2D eigenvalue weighted by atomic mass is 10.2. The van der Waals surface area contributed by atoms with Crippen LogP contribution in [0, 0.1) is 11.3 Å². The first-order valence-electron chi connectivity index (χ1n) is 7.21. The van der Waals surface area contributed by atoms with E-state index < -0.39 is 18.9 Å². The second-order valence-corrected chi connectivity index (χ2v) is 7.39. The van der Waals surface area contributed by atoms with Crippen molar-refractivity contribution in [3.63, 3.8) is 0 Å². The average molecular weight is 554 g/mol. The highest BCUT2D eigenvalue weighted by Gasteiger charge is 2.22. The summed E-state index contributed by atoms with van der Waals surface area (Å²) < 4.78 is 20.4. The van der Waals surface area contributed by atoms with E-state index in [-0.39, 0.29) is 27.1 Å². The third-order valence-corrected chi connectivity index (χ3v) is 4.94. The fourth-order valence-corrected chi connectivity index (χ4v) is 3.77. The van der Waals surface area contributed by atoms with Gasteiger partial charge in [-0.1, -0.05) is 23.2 Å². The SMILES string of the molecule is COc1c(Cl)ccc(Cl)c1C(=O)OCOC(=O)Oc1c(Br)cc(C#N)cc1Br. The zero-order valence-electron chi connectivity index (χ0n) is 13.9. The van der Waals surface area contributed by atoms with Gasteiger partial charge in [0.2, 0.25) is 6.79 Å². The van der Waals surface area contributed by atoms with Gasteiger partial charge in [0.1, 0.15) is 5.56 Å². The molecular weight excluding hydrogens is 545 g/mol. The second kappa shape index (κ2) is 9.98. The molecule has 2 rings (SSSR count). The van der Waals surface area contributed by atoms with Gasteiger partial charge in [0.05, 0.1) is 37.7 Å². The number of carbonyl (C=O) groups is 2. The molecule has 0 fully saturated rings. The number of nitriles is 1. The van der Waals surface area contributed by atoms with E-state index in [0.29, 0.717) is 14.5 Å². The molecule has 2 aromatic rings. The minimum absolute atomic E-state index is 0.0344. The standard InChI is InChI=1S/C17H9Br2Cl2NO6/c1-25-15-12(21)3-2-11(20)13(15)16(23)26-7-27-17(24)28-14-9(18)4-8(6-22)5-10(14)19/h2-5H,7H2,1H3. The van der Waals surface area contributed by atoms with Crippen molar-refractivity contribution in [3.05, 3.63) is 54.4 Å². The Morgan fingerprint density at radius 3 is 2.25 bits per heavy atom. The summed E-state index contributed by atoms with van der Waals surface area (Å²) in [6, 6.07) is 7.73. The van der Waals surface area contributed by atoms with Crippen molar-refractivity contribution < 1.29 is 28.5 Å². The van der Waals surface area contributed by atoms with Crippen LogP contribution in [0.3, 0.4) is 0 Å². The van der Waals surface area contributed by atoms with Crippen LogP contribution in [0.2, 0.25) is 10.0 Å². The maximum absolute atomic E-state index is 12.2. The smallest absolute Gasteiger partial charge is 0.494 e. The van der Waals surface area contributed by atoms with Crippen LogP contribution >= 0.6 is 55.1 Å². The molecule has 0 radical (unpaired) electrons. The third kappa shape index (κ3) is 5.29. The number of ether oxygens (including phenoxy) is 4. The van der Waals surface area contributed by atoms with Crippen LogP contribution in [0.5, 0.6) is 11.5 Å². The molecule has 0 bridgehead atoms. The maximum atomic E-state index is 12.2. The Bertz CT molecular complexity index is 954. The summed E-state index contributed by atoms with van der Waals surface area (Å²) in [5.74, 6) is -0.778. The van der Waals surface area contributed by atoms with Crippen molar-refractivity contribution in [1.29, 1.82) is 5.26 Å². The molecule has 0 aliphatic heterocycles. The van der Waals surface area contributed by atoms with E-state index in [1.807, 2.05) is 6.07 Å². The molecule has 0 aromatic heterocycles. The molecule has 0 atom stereocenters. The zero-order valence-corrected chi connectivity index (χ0v) is 18.6. The van der Waals surface area contributed by atoms with E-state index in [4.69, 9.17) is 47.4 Å². The Kier molecular flexibility index (Phi) is 7.95. The molecule has 0 heterocycles. The van der Waals surface area contributed by atoms with Crippen LogP contribution in [-0.4, -0.2) is 26.0 Å². The number of carbonyl (C=O) groups excluding carboxylic acids is 2. The van der Waals surface area contributed by atoms with Crippen LogP contribution in [0.15, 0.2) is 33.2 Å². The summed E-state index contributed by atoms with van der Waals surface area (Å²) in [5.41, 5.74) is 0.243. The molecule has 0 spiro atoms. The number of halogens is 4. The normalized spacial score (nSPS) is 10.0. The van der Waals surface area contributed by atoms with E-state index in [0.717, 1.165) is 0 Å². The lowest BCUT2D eigenvalue weighted by Crippen LogP contribution is -2.17. The Morgan fingerprint density at radius 1 is 1.07 bits per heavy atom. The topological polar surface area (TPSA) is 94.8 Å². The largest absolute Gasteiger partial charge is 0.516 e. The van der Waals surface area contributed by atoms with Gasteiger partial charge in [0, 0.05) is 0 Å². The van der Waals surface area contributed by atoms with Gasteiger partial charge >= 0.3 is 12.1 Å². The van der Waals surface area contributed by atoms with Gasteiger partial charge in [0.25, 0.3) is 0 Å². The summed E-state index contributed by atoms with van der Waals surface area (Å²) in [7, 11) is 1.31. The number of methoxy groups -OCH3 is 1. The van der Waals surface area contributed by atoms with Crippen molar-refractivity contribution in [2.75, 3.05) is 13.9 Å². The quantitative estimate of drug-likeness (QED) is 0.265. The summed E-state index contributed by atoms with van der Waals surface area (Å²) >= 11 is 18.3. The van der Waals surface area contributed by atoms with Crippen molar-refractivity contribution in [2.24, 2.45) is 0 Å². The van der Waals surface area contributed by atoms with Crippen LogP contribution in [0.1, 0.15) is 15.9 Å². The van der Waals surface area contributed by atoms with Gasteiger partial charge < -0.3 is 18.9 Å². The number of benzene rings is 2. The van der Waals surface area contributed by atoms with Crippen LogP contribution in [0.25, 0.3) is 0 Å². The highest BCUT2D eigenvalue weighted by molar-refractivity contribution is 9.11. The predicted molar refractivity (Wildman–Crippen MR) is 107 cm³/mol. The lowest BCUT2D eigenvalue weighted by molar-refractivity contribution is -0.0144. The van der Waals surface area contributed by atoms with Crippen molar-refractivity contribution in [1.82, 2.24) is 0 Å². The number of esters is 1. The molecule has 0 saturated carbocycles. The van der Waals surface area contributed by atoms with Gasteiger partial charge in [-0.15, -0.1) is 0 Å². The molecule has 0 amide bonds. The summed E-state index contributed by atoms with van der Waals surface area (Å²) in [5, 5.41) is 9.11. The first-order valence-corrected chi connectivity index (χ1v) is 9.55. The van der Waals surface area contributed by atoms with Crippen LogP contribution in [0.4, 0.5) is 4.79 Å². The molecule has 0 aliphatic carbocycles. The first kappa shape index (κ1) is 22.3. The van der Waals surface area contributed by atoms with Gasteiger partial charge in [-0.2, -0.15) is 5.26 Å². The molecule has 0 N–H and O–H groups in total. The van der Waals surface area contributed by atoms with Crippen molar-refractivity contribution >= 4 is 67.2 Å². The van der Waals surface area contributed by atoms with Crippen molar-refractivity contribution in [3.8, 4) is 17.6 Å². The van der Waals surface area contributed by atoms with E-state index >= 15 is 0 Å². The highest BCUT2D eigenvalue weighted by atomic mass is 79.9. The molecular formula is C17H9Br2Cl2NO6. The molecule has 11 heteroatoms. The summed E-state index contributed by atoms with van der Waals surface area (Å²) in [6.07, 6.45) is -1.14. The van der Waals surface area contributed by atoms with Gasteiger partial charge in [-0.3, -0.25) is 0 Å². The highest BCUT2D eigenvalue weighted by Crippen LogP contribution is 2.35. The number of hydrogen-bond acceptors (Lipinski definition) is 7. The summed E-state index contributed by atoms with van der Waals surface area (Å²) in [4.78, 5) is 24.0. The predicted octanol–water partition coefficient (Wildman–Crippen LogP) is 5.73. The summed E-state index contributed by atoms with van der Waals surface area (Å²) in [6.45, 7) is -0.741. The third-order valence-electron chi connectivity index (χ3n) is 3.15. The Labute approximate surface area is 186 Å². The monoisotopic (exact) mass is 551 g/mol. The van der Waals surface area contributed by atoms with E-state index in [1.54, 1.807) is 0 Å². The van der Waals surface area contributed by atoms with E-state index in [2.05, 4.69) is 31.9 Å². The number of hydrogen-bond donors (Lipinski definition) is 0. The first-order chi connectivity index (χ1) is 13.3. The average Bonchev–Trinajstić information content (AvgIpc) is 2.65. The maximum Gasteiger partial charge on any atom is 0.516 e. The molecule has 28 heavy (non-hydrogen) atoms. The Morgan fingerprint density at radius 2 is 1.68 bits per heavy atom. The van der Waals surface area contributed by atoms with Gasteiger partial charge in [0.15, 0.2) is 11.5 Å². The second-order valence-electron chi connectivity index (χ2n) is 4.86. The minimum atomic E-state index is -1.14. The van der Waals surface area contributed by atoms with Crippen molar-refractivity contribution in [2.45, 2.75) is 0 Å². The molecule has 146 valence electrons. The molecule has 0 unspecified atom stereocenters. The van der Waals surface area contributed by atoms with E-state index in [1.165, 1.54) is 31.4 Å².